The van der Waals surface area contributed by atoms with Gasteiger partial charge >= 0.3 is 11.9 Å². The molecule has 0 atom stereocenters. The van der Waals surface area contributed by atoms with E-state index in [1.165, 1.54) is 0 Å². The molecule has 0 unspecified atom stereocenters. The zero-order chi connectivity index (χ0) is 18.1. The lowest BCUT2D eigenvalue weighted by Crippen LogP contribution is -2.18. The van der Waals surface area contributed by atoms with Gasteiger partial charge in [0.15, 0.2) is 5.78 Å². The molecule has 0 radical (unpaired) electrons. The van der Waals surface area contributed by atoms with Gasteiger partial charge in [0.1, 0.15) is 13.2 Å². The van der Waals surface area contributed by atoms with Crippen molar-refractivity contribution in [3.05, 3.63) is 82.9 Å². The number of benzene rings is 3. The van der Waals surface area contributed by atoms with Crippen LogP contribution in [0.15, 0.2) is 60.7 Å². The van der Waals surface area contributed by atoms with Crippen molar-refractivity contribution in [1.29, 1.82) is 0 Å². The van der Waals surface area contributed by atoms with Crippen LogP contribution in [0.3, 0.4) is 0 Å². The summed E-state index contributed by atoms with van der Waals surface area (Å²) in [4.78, 5) is 37.7. The number of hydrogen-bond donors (Lipinski definition) is 0. The van der Waals surface area contributed by atoms with Crippen LogP contribution in [0.1, 0.15) is 36.6 Å². The first-order valence-electron chi connectivity index (χ1n) is 8.16. The SMILES string of the molecule is O=C1OCCOC(=O)c2ccc3cc1ccc3c2C(=O)c1ccccc1. The molecule has 26 heavy (non-hydrogen) atoms. The lowest BCUT2D eigenvalue weighted by atomic mass is 9.92. The van der Waals surface area contributed by atoms with Gasteiger partial charge in [0.25, 0.3) is 0 Å². The van der Waals surface area contributed by atoms with E-state index in [2.05, 4.69) is 0 Å². The maximum atomic E-state index is 13.1. The van der Waals surface area contributed by atoms with Crippen molar-refractivity contribution in [3.63, 3.8) is 0 Å². The summed E-state index contributed by atoms with van der Waals surface area (Å²) in [6, 6.07) is 16.9. The fourth-order valence-electron chi connectivity index (χ4n) is 3.04. The van der Waals surface area contributed by atoms with E-state index in [0.29, 0.717) is 21.9 Å². The lowest BCUT2D eigenvalue weighted by molar-refractivity contribution is 0.0265. The minimum atomic E-state index is -0.619. The number of hydrogen-bond acceptors (Lipinski definition) is 5. The Morgan fingerprint density at radius 1 is 0.808 bits per heavy atom. The molecule has 5 heteroatoms. The molecule has 4 bridgehead atoms. The monoisotopic (exact) mass is 346 g/mol. The van der Waals surface area contributed by atoms with Gasteiger partial charge in [0, 0.05) is 11.1 Å². The molecule has 0 spiro atoms. The van der Waals surface area contributed by atoms with Gasteiger partial charge in [0.2, 0.25) is 0 Å². The maximum absolute atomic E-state index is 13.1. The van der Waals surface area contributed by atoms with Crippen molar-refractivity contribution in [2.24, 2.45) is 0 Å². The van der Waals surface area contributed by atoms with E-state index >= 15 is 0 Å². The summed E-state index contributed by atoms with van der Waals surface area (Å²) in [6.45, 7) is -0.113. The molecule has 0 N–H and O–H groups in total. The third kappa shape index (κ3) is 2.73. The fraction of sp³-hybridized carbons (Fsp3) is 0.0952. The molecule has 6 rings (SSSR count). The first-order valence-corrected chi connectivity index (χ1v) is 8.16. The average Bonchev–Trinajstić information content (AvgIpc) is 2.68. The number of ketones is 1. The molecule has 0 saturated heterocycles. The van der Waals surface area contributed by atoms with Crippen LogP contribution in [0.4, 0.5) is 0 Å². The minimum Gasteiger partial charge on any atom is -0.458 e. The van der Waals surface area contributed by atoms with Crippen LogP contribution in [-0.4, -0.2) is 30.9 Å². The minimum absolute atomic E-state index is 0.0411. The van der Waals surface area contributed by atoms with Crippen LogP contribution >= 0.6 is 0 Å². The Morgan fingerprint density at radius 3 is 2.31 bits per heavy atom. The van der Waals surface area contributed by atoms with Crippen LogP contribution in [0, 0.1) is 0 Å². The van der Waals surface area contributed by atoms with Gasteiger partial charge in [-0.2, -0.15) is 0 Å². The van der Waals surface area contributed by atoms with Gasteiger partial charge in [-0.3, -0.25) is 4.79 Å². The molecule has 3 aliphatic heterocycles. The van der Waals surface area contributed by atoms with Crippen LogP contribution in [-0.2, 0) is 9.47 Å². The van der Waals surface area contributed by atoms with Gasteiger partial charge in [-0.15, -0.1) is 0 Å². The summed E-state index contributed by atoms with van der Waals surface area (Å²) in [5.41, 5.74) is 1.34. The topological polar surface area (TPSA) is 69.7 Å². The third-order valence-corrected chi connectivity index (χ3v) is 4.29. The second-order valence-corrected chi connectivity index (χ2v) is 5.89. The van der Waals surface area contributed by atoms with Crippen molar-refractivity contribution >= 4 is 28.5 Å². The van der Waals surface area contributed by atoms with Gasteiger partial charge in [-0.25, -0.2) is 9.59 Å². The van der Waals surface area contributed by atoms with Crippen molar-refractivity contribution < 1.29 is 23.9 Å². The van der Waals surface area contributed by atoms with Crippen LogP contribution in [0.2, 0.25) is 0 Å². The van der Waals surface area contributed by atoms with Crippen molar-refractivity contribution in [1.82, 2.24) is 0 Å². The van der Waals surface area contributed by atoms with E-state index in [0.717, 1.165) is 0 Å². The molecule has 0 amide bonds. The Hall–Kier alpha value is -3.47. The molecule has 3 aromatic carbocycles. The van der Waals surface area contributed by atoms with E-state index in [-0.39, 0.29) is 30.1 Å². The zero-order valence-electron chi connectivity index (χ0n) is 13.7. The second kappa shape index (κ2) is 6.44. The smallest absolute Gasteiger partial charge is 0.339 e. The van der Waals surface area contributed by atoms with E-state index in [1.54, 1.807) is 54.6 Å². The molecule has 0 aromatic heterocycles. The fourth-order valence-corrected chi connectivity index (χ4v) is 3.04. The van der Waals surface area contributed by atoms with Crippen LogP contribution in [0.25, 0.3) is 10.8 Å². The molecule has 5 nitrogen and oxygen atoms in total. The van der Waals surface area contributed by atoms with E-state index in [4.69, 9.17) is 9.47 Å². The van der Waals surface area contributed by atoms with E-state index in [9.17, 15) is 14.4 Å². The Morgan fingerprint density at radius 2 is 1.54 bits per heavy atom. The Kier molecular flexibility index (Phi) is 3.97. The van der Waals surface area contributed by atoms with Gasteiger partial charge < -0.3 is 9.47 Å². The first kappa shape index (κ1) is 16.0. The highest BCUT2D eigenvalue weighted by molar-refractivity contribution is 6.21. The van der Waals surface area contributed by atoms with Crippen LogP contribution in [0.5, 0.6) is 0 Å². The first-order chi connectivity index (χ1) is 12.6. The summed E-state index contributed by atoms with van der Waals surface area (Å²) in [7, 11) is 0. The summed E-state index contributed by atoms with van der Waals surface area (Å²) in [6.07, 6.45) is 0. The predicted molar refractivity (Wildman–Crippen MR) is 94.4 cm³/mol. The van der Waals surface area contributed by atoms with Crippen molar-refractivity contribution in [3.8, 4) is 0 Å². The van der Waals surface area contributed by atoms with Gasteiger partial charge in [-0.1, -0.05) is 42.5 Å². The Balaban J connectivity index is 1.99. The van der Waals surface area contributed by atoms with Crippen molar-refractivity contribution in [2.75, 3.05) is 13.2 Å². The highest BCUT2D eigenvalue weighted by atomic mass is 16.6. The zero-order valence-corrected chi connectivity index (χ0v) is 13.7. The normalized spacial score (nSPS) is 14.0. The summed E-state index contributed by atoms with van der Waals surface area (Å²) in [5, 5.41) is 1.27. The van der Waals surface area contributed by atoms with Gasteiger partial charge in [-0.05, 0) is 29.0 Å². The number of rotatable bonds is 2. The van der Waals surface area contributed by atoms with Crippen LogP contribution < -0.4 is 0 Å². The Labute approximate surface area is 149 Å². The predicted octanol–water partition coefficient (Wildman–Crippen LogP) is 3.40. The maximum Gasteiger partial charge on any atom is 0.339 e. The summed E-state index contributed by atoms with van der Waals surface area (Å²) < 4.78 is 10.2. The highest BCUT2D eigenvalue weighted by Gasteiger charge is 2.23. The largest absolute Gasteiger partial charge is 0.458 e. The number of carbonyl (C=O) groups is 3. The quantitative estimate of drug-likeness (QED) is 0.525. The van der Waals surface area contributed by atoms with E-state index in [1.807, 2.05) is 6.07 Å². The number of fused-ring (bicyclic) bond motifs is 2. The molecule has 0 saturated carbocycles. The molecule has 3 heterocycles. The molecule has 0 fully saturated rings. The summed E-state index contributed by atoms with van der Waals surface area (Å²) in [5.74, 6) is -1.38. The highest BCUT2D eigenvalue weighted by Crippen LogP contribution is 2.27. The molecular weight excluding hydrogens is 332 g/mol. The van der Waals surface area contributed by atoms with E-state index < -0.39 is 11.9 Å². The number of ether oxygens (including phenoxy) is 2. The second-order valence-electron chi connectivity index (χ2n) is 5.89. The average molecular weight is 346 g/mol. The Bertz CT molecular complexity index is 1040. The van der Waals surface area contributed by atoms with Crippen molar-refractivity contribution in [2.45, 2.75) is 0 Å². The molecule has 3 aromatic rings. The molecular formula is C21H14O5. The number of carbonyl (C=O) groups excluding carboxylic acids is 3. The third-order valence-electron chi connectivity index (χ3n) is 4.29. The summed E-state index contributed by atoms with van der Waals surface area (Å²) >= 11 is 0. The number of esters is 2. The van der Waals surface area contributed by atoms with Gasteiger partial charge in [0.05, 0.1) is 11.1 Å². The molecule has 128 valence electrons. The molecule has 3 aliphatic rings. The molecule has 0 aliphatic carbocycles. The standard InChI is InChI=1S/C21H14O5/c22-19(13-4-2-1-3-5-13)18-16-8-7-15-12-14(16)6-9-17(18)21(24)26-11-10-25-20(15)23/h1-9,12H,10-11H2. The lowest BCUT2D eigenvalue weighted by Gasteiger charge is -2.15.